The molecule has 1 fully saturated rings. The van der Waals surface area contributed by atoms with Crippen molar-refractivity contribution in [3.63, 3.8) is 0 Å². The van der Waals surface area contributed by atoms with Crippen LogP contribution in [0.3, 0.4) is 0 Å². The highest BCUT2D eigenvalue weighted by Gasteiger charge is 2.22. The average Bonchev–Trinajstić information content (AvgIpc) is 2.57. The van der Waals surface area contributed by atoms with Crippen LogP contribution in [0.1, 0.15) is 12.8 Å². The summed E-state index contributed by atoms with van der Waals surface area (Å²) >= 11 is 0. The summed E-state index contributed by atoms with van der Waals surface area (Å²) in [7, 11) is 1.70. The third-order valence-electron chi connectivity index (χ3n) is 3.80. The van der Waals surface area contributed by atoms with Gasteiger partial charge in [-0.05, 0) is 18.9 Å². The lowest BCUT2D eigenvalue weighted by molar-refractivity contribution is 0.214. The van der Waals surface area contributed by atoms with Crippen molar-refractivity contribution >= 4 is 5.82 Å². The van der Waals surface area contributed by atoms with Crippen LogP contribution < -0.4 is 15.2 Å². The topological polar surface area (TPSA) is 73.1 Å². The summed E-state index contributed by atoms with van der Waals surface area (Å²) < 4.78 is 7.11. The van der Waals surface area contributed by atoms with Crippen molar-refractivity contribution in [1.29, 1.82) is 0 Å². The van der Waals surface area contributed by atoms with E-state index in [0.29, 0.717) is 18.5 Å². The summed E-state index contributed by atoms with van der Waals surface area (Å²) in [5, 5.41) is 0. The first-order valence-electron chi connectivity index (χ1n) is 7.40. The molecule has 0 spiro atoms. The van der Waals surface area contributed by atoms with Crippen LogP contribution in [0.2, 0.25) is 0 Å². The molecule has 0 saturated carbocycles. The number of piperidine rings is 1. The Morgan fingerprint density at radius 2 is 2.14 bits per heavy atom. The SMILES string of the molecule is Cn1cnc(N2CCCC(COc3ncccn3)C2)cc1=O. The van der Waals surface area contributed by atoms with E-state index in [0.717, 1.165) is 31.7 Å². The Balaban J connectivity index is 1.61. The predicted octanol–water partition coefficient (Wildman–Crippen LogP) is 0.866. The van der Waals surface area contributed by atoms with Crippen molar-refractivity contribution in [3.8, 4) is 6.01 Å². The van der Waals surface area contributed by atoms with Gasteiger partial charge >= 0.3 is 6.01 Å². The normalized spacial score (nSPS) is 18.2. The van der Waals surface area contributed by atoms with Crippen LogP contribution >= 0.6 is 0 Å². The first-order chi connectivity index (χ1) is 10.7. The van der Waals surface area contributed by atoms with E-state index < -0.39 is 0 Å². The van der Waals surface area contributed by atoms with Gasteiger partial charge in [0.25, 0.3) is 5.56 Å². The molecule has 7 heteroatoms. The highest BCUT2D eigenvalue weighted by Crippen LogP contribution is 2.21. The van der Waals surface area contributed by atoms with Crippen LogP contribution in [0.5, 0.6) is 6.01 Å². The summed E-state index contributed by atoms with van der Waals surface area (Å²) in [5.41, 5.74) is -0.0407. The number of rotatable bonds is 4. The Labute approximate surface area is 128 Å². The van der Waals surface area contributed by atoms with Crippen molar-refractivity contribution in [1.82, 2.24) is 19.5 Å². The second-order valence-corrected chi connectivity index (χ2v) is 5.49. The molecule has 2 aromatic rings. The molecule has 116 valence electrons. The first kappa shape index (κ1) is 14.5. The molecule has 0 radical (unpaired) electrons. The Morgan fingerprint density at radius 3 is 2.91 bits per heavy atom. The number of ether oxygens (including phenoxy) is 1. The van der Waals surface area contributed by atoms with Gasteiger partial charge in [-0.3, -0.25) is 4.79 Å². The summed E-state index contributed by atoms with van der Waals surface area (Å²) in [6.07, 6.45) is 7.04. The minimum atomic E-state index is -0.0407. The van der Waals surface area contributed by atoms with Crippen LogP contribution in [0.15, 0.2) is 35.6 Å². The molecular weight excluding hydrogens is 282 g/mol. The summed E-state index contributed by atoms with van der Waals surface area (Å²) in [4.78, 5) is 26.3. The standard InChI is InChI=1S/C15H19N5O2/c1-19-11-18-13(8-14(19)21)20-7-2-4-12(9-20)10-22-15-16-5-3-6-17-15/h3,5-6,8,11-12H,2,4,7,9-10H2,1H3. The lowest BCUT2D eigenvalue weighted by atomic mass is 9.99. The molecule has 0 amide bonds. The molecule has 1 aliphatic rings. The fourth-order valence-electron chi connectivity index (χ4n) is 2.59. The third kappa shape index (κ3) is 3.41. The zero-order valence-electron chi connectivity index (χ0n) is 12.6. The minimum Gasteiger partial charge on any atom is -0.463 e. The van der Waals surface area contributed by atoms with Crippen LogP contribution in [0.25, 0.3) is 0 Å². The Bertz CT molecular complexity index is 673. The van der Waals surface area contributed by atoms with Gasteiger partial charge in [0.2, 0.25) is 0 Å². The molecule has 1 unspecified atom stereocenters. The second kappa shape index (κ2) is 6.55. The van der Waals surface area contributed by atoms with Crippen molar-refractivity contribution < 1.29 is 4.74 Å². The lowest BCUT2D eigenvalue weighted by Gasteiger charge is -2.33. The van der Waals surface area contributed by atoms with E-state index in [4.69, 9.17) is 4.74 Å². The smallest absolute Gasteiger partial charge is 0.316 e. The van der Waals surface area contributed by atoms with Crippen molar-refractivity contribution in [2.24, 2.45) is 13.0 Å². The van der Waals surface area contributed by atoms with E-state index >= 15 is 0 Å². The van der Waals surface area contributed by atoms with E-state index in [2.05, 4.69) is 19.9 Å². The van der Waals surface area contributed by atoms with E-state index in [9.17, 15) is 4.79 Å². The molecule has 7 nitrogen and oxygen atoms in total. The van der Waals surface area contributed by atoms with Crippen molar-refractivity contribution in [3.05, 3.63) is 41.2 Å². The fraction of sp³-hybridized carbons (Fsp3) is 0.467. The van der Waals surface area contributed by atoms with Gasteiger partial charge in [0.1, 0.15) is 5.82 Å². The fourth-order valence-corrected chi connectivity index (χ4v) is 2.59. The first-order valence-corrected chi connectivity index (χ1v) is 7.40. The van der Waals surface area contributed by atoms with E-state index in [-0.39, 0.29) is 5.56 Å². The molecule has 0 aliphatic carbocycles. The van der Waals surface area contributed by atoms with Crippen LogP contribution in [0, 0.1) is 5.92 Å². The van der Waals surface area contributed by atoms with Crippen LogP contribution in [0.4, 0.5) is 5.82 Å². The van der Waals surface area contributed by atoms with Gasteiger partial charge in [0.15, 0.2) is 0 Å². The number of hydrogen-bond acceptors (Lipinski definition) is 6. The molecule has 22 heavy (non-hydrogen) atoms. The average molecular weight is 301 g/mol. The zero-order chi connectivity index (χ0) is 15.4. The highest BCUT2D eigenvalue weighted by molar-refractivity contribution is 5.37. The molecule has 0 bridgehead atoms. The number of aryl methyl sites for hydroxylation is 1. The Kier molecular flexibility index (Phi) is 4.32. The summed E-state index contributed by atoms with van der Waals surface area (Å²) in [5.74, 6) is 1.12. The minimum absolute atomic E-state index is 0.0407. The molecule has 1 atom stereocenters. The summed E-state index contributed by atoms with van der Waals surface area (Å²) in [6, 6.07) is 3.76. The van der Waals surface area contributed by atoms with Gasteiger partial charge in [0, 0.05) is 44.5 Å². The second-order valence-electron chi connectivity index (χ2n) is 5.49. The zero-order valence-corrected chi connectivity index (χ0v) is 12.6. The van der Waals surface area contributed by atoms with Gasteiger partial charge in [0.05, 0.1) is 12.9 Å². The molecule has 1 saturated heterocycles. The van der Waals surface area contributed by atoms with Crippen LogP contribution in [-0.2, 0) is 7.05 Å². The number of aromatic nitrogens is 4. The number of hydrogen-bond donors (Lipinski definition) is 0. The van der Waals surface area contributed by atoms with E-state index in [1.807, 2.05) is 0 Å². The molecule has 2 aromatic heterocycles. The molecule has 3 rings (SSSR count). The third-order valence-corrected chi connectivity index (χ3v) is 3.80. The maximum atomic E-state index is 11.7. The maximum absolute atomic E-state index is 11.7. The Morgan fingerprint density at radius 1 is 1.32 bits per heavy atom. The van der Waals surface area contributed by atoms with Gasteiger partial charge in [-0.25, -0.2) is 15.0 Å². The van der Waals surface area contributed by atoms with Crippen LogP contribution in [-0.4, -0.2) is 39.2 Å². The van der Waals surface area contributed by atoms with E-state index in [1.165, 1.54) is 4.57 Å². The van der Waals surface area contributed by atoms with Gasteiger partial charge in [-0.15, -0.1) is 0 Å². The molecule has 0 aromatic carbocycles. The Hall–Kier alpha value is -2.44. The monoisotopic (exact) mass is 301 g/mol. The number of anilines is 1. The largest absolute Gasteiger partial charge is 0.463 e. The molecule has 1 aliphatic heterocycles. The predicted molar refractivity (Wildman–Crippen MR) is 81.9 cm³/mol. The van der Waals surface area contributed by atoms with Crippen molar-refractivity contribution in [2.45, 2.75) is 12.8 Å². The molecular formula is C15H19N5O2. The van der Waals surface area contributed by atoms with Gasteiger partial charge < -0.3 is 14.2 Å². The lowest BCUT2D eigenvalue weighted by Crippen LogP contribution is -2.39. The van der Waals surface area contributed by atoms with Gasteiger partial charge in [-0.1, -0.05) is 0 Å². The molecule has 0 N–H and O–H groups in total. The summed E-state index contributed by atoms with van der Waals surface area (Å²) in [6.45, 7) is 2.32. The molecule has 3 heterocycles. The maximum Gasteiger partial charge on any atom is 0.316 e. The van der Waals surface area contributed by atoms with E-state index in [1.54, 1.807) is 37.9 Å². The van der Waals surface area contributed by atoms with Gasteiger partial charge in [-0.2, -0.15) is 0 Å². The highest BCUT2D eigenvalue weighted by atomic mass is 16.5. The van der Waals surface area contributed by atoms with Crippen molar-refractivity contribution in [2.75, 3.05) is 24.6 Å². The number of nitrogens with zero attached hydrogens (tertiary/aromatic N) is 5. The quantitative estimate of drug-likeness (QED) is 0.834.